The lowest BCUT2D eigenvalue weighted by atomic mass is 10.2. The number of rotatable bonds is 4. The van der Waals surface area contributed by atoms with Gasteiger partial charge in [0.15, 0.2) is 11.5 Å². The van der Waals surface area contributed by atoms with Gasteiger partial charge in [0.1, 0.15) is 5.69 Å². The first-order chi connectivity index (χ1) is 10.0. The zero-order chi connectivity index (χ0) is 15.0. The normalized spacial score (nSPS) is 21.0. The monoisotopic (exact) mass is 293 g/mol. The van der Waals surface area contributed by atoms with Crippen LogP contribution in [0, 0.1) is 10.1 Å². The first kappa shape index (κ1) is 13.9. The molecule has 114 valence electrons. The standard InChI is InChI=1S/C14H19N3O4/c1-9(2)16-4-3-10(7-16)15-11-5-13-14(21-8-20-13)6-12(11)17(18)19/h5-6,9-10,15H,3-4,7-8H2,1-2H3. The lowest BCUT2D eigenvalue weighted by Crippen LogP contribution is -2.31. The minimum absolute atomic E-state index is 0.0299. The molecule has 3 rings (SSSR count). The van der Waals surface area contributed by atoms with E-state index in [-0.39, 0.29) is 23.4 Å². The summed E-state index contributed by atoms with van der Waals surface area (Å²) in [5.74, 6) is 0.990. The van der Waals surface area contributed by atoms with Crippen LogP contribution >= 0.6 is 0 Å². The number of benzene rings is 1. The van der Waals surface area contributed by atoms with Crippen LogP contribution < -0.4 is 14.8 Å². The number of nitrogens with zero attached hydrogens (tertiary/aromatic N) is 2. The zero-order valence-corrected chi connectivity index (χ0v) is 12.2. The molecule has 0 saturated carbocycles. The lowest BCUT2D eigenvalue weighted by molar-refractivity contribution is -0.384. The smallest absolute Gasteiger partial charge is 0.296 e. The Hall–Kier alpha value is -2.02. The maximum Gasteiger partial charge on any atom is 0.296 e. The third-order valence-corrected chi connectivity index (χ3v) is 4.00. The minimum Gasteiger partial charge on any atom is -0.454 e. The van der Waals surface area contributed by atoms with Gasteiger partial charge in [-0.1, -0.05) is 0 Å². The van der Waals surface area contributed by atoms with Crippen LogP contribution in [0.1, 0.15) is 20.3 Å². The van der Waals surface area contributed by atoms with Crippen LogP contribution in [0.25, 0.3) is 0 Å². The van der Waals surface area contributed by atoms with Gasteiger partial charge in [0.05, 0.1) is 11.0 Å². The Labute approximate surface area is 123 Å². The fraction of sp³-hybridized carbons (Fsp3) is 0.571. The molecule has 2 aliphatic rings. The molecule has 1 aromatic rings. The number of hydrogen-bond acceptors (Lipinski definition) is 6. The summed E-state index contributed by atoms with van der Waals surface area (Å²) in [6, 6.07) is 3.80. The van der Waals surface area contributed by atoms with Crippen molar-refractivity contribution < 1.29 is 14.4 Å². The molecule has 7 nitrogen and oxygen atoms in total. The Morgan fingerprint density at radius 1 is 1.38 bits per heavy atom. The lowest BCUT2D eigenvalue weighted by Gasteiger charge is -2.20. The van der Waals surface area contributed by atoms with Crippen LogP contribution in [0.2, 0.25) is 0 Å². The molecular weight excluding hydrogens is 274 g/mol. The van der Waals surface area contributed by atoms with Gasteiger partial charge >= 0.3 is 0 Å². The van der Waals surface area contributed by atoms with Crippen LogP contribution in [-0.4, -0.2) is 41.8 Å². The SMILES string of the molecule is CC(C)N1CCC(Nc2cc3c(cc2[N+](=O)[O-])OCO3)C1. The summed E-state index contributed by atoms with van der Waals surface area (Å²) in [5, 5.41) is 14.5. The number of anilines is 1. The Balaban J connectivity index is 1.80. The van der Waals surface area contributed by atoms with E-state index >= 15 is 0 Å². The number of hydrogen-bond donors (Lipinski definition) is 1. The summed E-state index contributed by atoms with van der Waals surface area (Å²) < 4.78 is 10.5. The van der Waals surface area contributed by atoms with Gasteiger partial charge in [0, 0.05) is 31.2 Å². The molecule has 1 N–H and O–H groups in total. The third-order valence-electron chi connectivity index (χ3n) is 4.00. The number of nitrogens with one attached hydrogen (secondary N) is 1. The molecule has 0 aliphatic carbocycles. The molecule has 1 unspecified atom stereocenters. The van der Waals surface area contributed by atoms with E-state index in [1.165, 1.54) is 6.07 Å². The van der Waals surface area contributed by atoms with Gasteiger partial charge in [-0.3, -0.25) is 15.0 Å². The summed E-state index contributed by atoms with van der Waals surface area (Å²) >= 11 is 0. The van der Waals surface area contributed by atoms with E-state index in [4.69, 9.17) is 9.47 Å². The molecule has 0 spiro atoms. The average molecular weight is 293 g/mol. The Kier molecular flexibility index (Phi) is 3.59. The van der Waals surface area contributed by atoms with Crippen LogP contribution in [0.3, 0.4) is 0 Å². The molecule has 0 amide bonds. The van der Waals surface area contributed by atoms with Crippen molar-refractivity contribution in [2.75, 3.05) is 25.2 Å². The van der Waals surface area contributed by atoms with Crippen LogP contribution in [0.4, 0.5) is 11.4 Å². The molecule has 21 heavy (non-hydrogen) atoms. The highest BCUT2D eigenvalue weighted by Gasteiger charge is 2.28. The van der Waals surface area contributed by atoms with Crippen LogP contribution in [-0.2, 0) is 0 Å². The van der Waals surface area contributed by atoms with Crippen molar-refractivity contribution in [3.05, 3.63) is 22.2 Å². The molecular formula is C14H19N3O4. The first-order valence-corrected chi connectivity index (χ1v) is 7.13. The summed E-state index contributed by atoms with van der Waals surface area (Å²) in [4.78, 5) is 13.2. The zero-order valence-electron chi connectivity index (χ0n) is 12.2. The molecule has 1 aromatic carbocycles. The van der Waals surface area contributed by atoms with Crippen molar-refractivity contribution in [2.45, 2.75) is 32.4 Å². The van der Waals surface area contributed by atoms with E-state index in [2.05, 4.69) is 24.1 Å². The fourth-order valence-corrected chi connectivity index (χ4v) is 2.79. The van der Waals surface area contributed by atoms with E-state index in [0.717, 1.165) is 19.5 Å². The molecule has 0 bridgehead atoms. The van der Waals surface area contributed by atoms with E-state index < -0.39 is 0 Å². The Bertz CT molecular complexity index is 561. The fourth-order valence-electron chi connectivity index (χ4n) is 2.79. The van der Waals surface area contributed by atoms with Gasteiger partial charge in [-0.15, -0.1) is 0 Å². The van der Waals surface area contributed by atoms with Gasteiger partial charge in [-0.25, -0.2) is 0 Å². The summed E-state index contributed by atoms with van der Waals surface area (Å²) in [7, 11) is 0. The highest BCUT2D eigenvalue weighted by Crippen LogP contribution is 2.41. The van der Waals surface area contributed by atoms with E-state index in [1.807, 2.05) is 0 Å². The molecule has 2 heterocycles. The molecule has 2 aliphatic heterocycles. The highest BCUT2D eigenvalue weighted by atomic mass is 16.7. The van der Waals surface area contributed by atoms with Gasteiger partial charge in [0.2, 0.25) is 6.79 Å². The van der Waals surface area contributed by atoms with Crippen LogP contribution in [0.5, 0.6) is 11.5 Å². The van der Waals surface area contributed by atoms with Gasteiger partial charge in [-0.05, 0) is 20.3 Å². The third kappa shape index (κ3) is 2.73. The quantitative estimate of drug-likeness (QED) is 0.677. The van der Waals surface area contributed by atoms with Crippen molar-refractivity contribution in [3.8, 4) is 11.5 Å². The Morgan fingerprint density at radius 2 is 2.10 bits per heavy atom. The number of nitro benzene ring substituents is 1. The van der Waals surface area contributed by atoms with Gasteiger partial charge < -0.3 is 14.8 Å². The second-order valence-electron chi connectivity index (χ2n) is 5.70. The number of ether oxygens (including phenoxy) is 2. The van der Waals surface area contributed by atoms with Crippen molar-refractivity contribution >= 4 is 11.4 Å². The van der Waals surface area contributed by atoms with Gasteiger partial charge in [0.25, 0.3) is 5.69 Å². The van der Waals surface area contributed by atoms with Crippen molar-refractivity contribution in [3.63, 3.8) is 0 Å². The second kappa shape index (κ2) is 5.40. The molecule has 1 atom stereocenters. The number of likely N-dealkylation sites (tertiary alicyclic amines) is 1. The number of nitro groups is 1. The topological polar surface area (TPSA) is 76.9 Å². The summed E-state index contributed by atoms with van der Waals surface area (Å²) in [5.41, 5.74) is 0.530. The minimum atomic E-state index is -0.389. The molecule has 0 radical (unpaired) electrons. The van der Waals surface area contributed by atoms with E-state index in [1.54, 1.807) is 6.07 Å². The summed E-state index contributed by atoms with van der Waals surface area (Å²) in [6.45, 7) is 6.33. The van der Waals surface area contributed by atoms with Crippen molar-refractivity contribution in [1.82, 2.24) is 4.90 Å². The van der Waals surface area contributed by atoms with E-state index in [0.29, 0.717) is 23.2 Å². The maximum absolute atomic E-state index is 11.2. The van der Waals surface area contributed by atoms with E-state index in [9.17, 15) is 10.1 Å². The molecule has 7 heteroatoms. The first-order valence-electron chi connectivity index (χ1n) is 7.13. The van der Waals surface area contributed by atoms with Crippen molar-refractivity contribution in [1.29, 1.82) is 0 Å². The molecule has 1 fully saturated rings. The summed E-state index contributed by atoms with van der Waals surface area (Å²) in [6.07, 6.45) is 0.976. The molecule has 0 aromatic heterocycles. The van der Waals surface area contributed by atoms with Crippen LogP contribution in [0.15, 0.2) is 12.1 Å². The number of fused-ring (bicyclic) bond motifs is 1. The second-order valence-corrected chi connectivity index (χ2v) is 5.70. The average Bonchev–Trinajstić information content (AvgIpc) is 3.05. The molecule has 1 saturated heterocycles. The largest absolute Gasteiger partial charge is 0.454 e. The maximum atomic E-state index is 11.2. The predicted octanol–water partition coefficient (Wildman–Crippen LogP) is 2.22. The Morgan fingerprint density at radius 3 is 2.71 bits per heavy atom. The predicted molar refractivity (Wildman–Crippen MR) is 78.0 cm³/mol. The highest BCUT2D eigenvalue weighted by molar-refractivity contribution is 5.69. The van der Waals surface area contributed by atoms with Gasteiger partial charge in [-0.2, -0.15) is 0 Å². The van der Waals surface area contributed by atoms with Crippen molar-refractivity contribution in [2.24, 2.45) is 0 Å².